The lowest BCUT2D eigenvalue weighted by molar-refractivity contribution is -0.0394. The van der Waals surface area contributed by atoms with Crippen LogP contribution in [0.15, 0.2) is 24.3 Å². The number of benzene rings is 1. The molecule has 0 bridgehead atoms. The lowest BCUT2D eigenvalue weighted by Crippen LogP contribution is -1.96. The van der Waals surface area contributed by atoms with E-state index in [0.29, 0.717) is 36.4 Å². The number of nitrogens with zero attached hydrogens (tertiary/aromatic N) is 2. The van der Waals surface area contributed by atoms with Crippen molar-refractivity contribution in [3.8, 4) is 11.3 Å². The molecule has 108 valence electrons. The van der Waals surface area contributed by atoms with Gasteiger partial charge >= 0.3 is 0 Å². The number of nitrogens with two attached hydrogens (primary N) is 1. The molecule has 21 heavy (non-hydrogen) atoms. The Hall–Kier alpha value is -1.44. The normalized spacial score (nSPS) is 11.5. The van der Waals surface area contributed by atoms with Gasteiger partial charge in [-0.2, -0.15) is 0 Å². The van der Waals surface area contributed by atoms with Crippen molar-refractivity contribution in [2.75, 3.05) is 5.73 Å². The summed E-state index contributed by atoms with van der Waals surface area (Å²) in [5.74, 6) is 0.0874. The molecule has 0 aliphatic carbocycles. The Bertz CT molecular complexity index is 836. The number of aliphatic hydroxyl groups is 2. The van der Waals surface area contributed by atoms with E-state index in [4.69, 9.17) is 28.9 Å². The summed E-state index contributed by atoms with van der Waals surface area (Å²) in [7, 11) is 0. The molecule has 2 heterocycles. The second kappa shape index (κ2) is 5.40. The Kier molecular flexibility index (Phi) is 3.73. The molecular formula is C13H9Cl2N3O2S. The van der Waals surface area contributed by atoms with Crippen LogP contribution in [0.5, 0.6) is 0 Å². The molecule has 0 fully saturated rings. The first-order valence-electron chi connectivity index (χ1n) is 5.84. The highest BCUT2D eigenvalue weighted by Crippen LogP contribution is 2.37. The highest BCUT2D eigenvalue weighted by atomic mass is 35.5. The van der Waals surface area contributed by atoms with Crippen LogP contribution in [0.3, 0.4) is 0 Å². The number of thiophene rings is 1. The molecule has 8 heteroatoms. The SMILES string of the molecule is Nc1nc(-c2ccc(Cl)cc2Cl)c2cc(C(O)O)sc2n1. The molecule has 3 aromatic rings. The smallest absolute Gasteiger partial charge is 0.221 e. The van der Waals surface area contributed by atoms with Crippen LogP contribution in [0.1, 0.15) is 11.2 Å². The topological polar surface area (TPSA) is 92.3 Å². The van der Waals surface area contributed by atoms with Gasteiger partial charge in [0.1, 0.15) is 4.83 Å². The van der Waals surface area contributed by atoms with Crippen molar-refractivity contribution in [3.63, 3.8) is 0 Å². The number of halogens is 2. The standard InChI is InChI=1S/C13H9Cl2N3O2S/c14-5-1-2-6(8(15)3-5)10-7-4-9(12(19)20)21-11(7)18-13(16)17-10/h1-4,12,19-20H,(H2,16,17,18). The van der Waals surface area contributed by atoms with Gasteiger partial charge in [-0.05, 0) is 24.3 Å². The molecule has 0 unspecified atom stereocenters. The lowest BCUT2D eigenvalue weighted by atomic mass is 10.1. The molecular weight excluding hydrogens is 333 g/mol. The van der Waals surface area contributed by atoms with Gasteiger partial charge in [0.05, 0.1) is 15.6 Å². The maximum atomic E-state index is 9.29. The third-order valence-electron chi connectivity index (χ3n) is 2.87. The van der Waals surface area contributed by atoms with Gasteiger partial charge in [0.2, 0.25) is 5.95 Å². The average Bonchev–Trinajstić information content (AvgIpc) is 2.82. The Labute approximate surface area is 133 Å². The Balaban J connectivity index is 2.30. The van der Waals surface area contributed by atoms with Crippen LogP contribution in [-0.4, -0.2) is 20.2 Å². The van der Waals surface area contributed by atoms with E-state index in [0.717, 1.165) is 11.3 Å². The van der Waals surface area contributed by atoms with Crippen LogP contribution in [0.4, 0.5) is 5.95 Å². The second-order valence-electron chi connectivity index (χ2n) is 4.30. The van der Waals surface area contributed by atoms with Gasteiger partial charge in [0, 0.05) is 16.0 Å². The summed E-state index contributed by atoms with van der Waals surface area (Å²) in [5, 5.41) is 20.2. The first kappa shape index (κ1) is 14.5. The van der Waals surface area contributed by atoms with E-state index in [1.54, 1.807) is 24.3 Å². The summed E-state index contributed by atoms with van der Waals surface area (Å²) in [6.45, 7) is 0. The molecule has 0 saturated carbocycles. The van der Waals surface area contributed by atoms with Crippen molar-refractivity contribution < 1.29 is 10.2 Å². The molecule has 5 nitrogen and oxygen atoms in total. The van der Waals surface area contributed by atoms with E-state index in [2.05, 4.69) is 9.97 Å². The summed E-state index contributed by atoms with van der Waals surface area (Å²) in [6, 6.07) is 6.65. The zero-order valence-electron chi connectivity index (χ0n) is 10.4. The third kappa shape index (κ3) is 2.68. The van der Waals surface area contributed by atoms with Crippen LogP contribution in [0.2, 0.25) is 10.0 Å². The average molecular weight is 342 g/mol. The number of hydrogen-bond acceptors (Lipinski definition) is 6. The van der Waals surface area contributed by atoms with Crippen LogP contribution < -0.4 is 5.73 Å². The maximum absolute atomic E-state index is 9.29. The van der Waals surface area contributed by atoms with Crippen LogP contribution in [0.25, 0.3) is 21.5 Å². The zero-order chi connectivity index (χ0) is 15.1. The van der Waals surface area contributed by atoms with Crippen molar-refractivity contribution in [1.29, 1.82) is 0 Å². The van der Waals surface area contributed by atoms with E-state index in [1.807, 2.05) is 0 Å². The van der Waals surface area contributed by atoms with E-state index in [-0.39, 0.29) is 5.95 Å². The zero-order valence-corrected chi connectivity index (χ0v) is 12.7. The van der Waals surface area contributed by atoms with Gasteiger partial charge in [-0.1, -0.05) is 23.2 Å². The molecule has 2 aromatic heterocycles. The molecule has 0 spiro atoms. The van der Waals surface area contributed by atoms with Crippen molar-refractivity contribution in [1.82, 2.24) is 9.97 Å². The van der Waals surface area contributed by atoms with E-state index in [1.165, 1.54) is 0 Å². The van der Waals surface area contributed by atoms with E-state index < -0.39 is 6.29 Å². The predicted octanol–water partition coefficient (Wildman–Crippen LogP) is 3.23. The second-order valence-corrected chi connectivity index (χ2v) is 6.20. The van der Waals surface area contributed by atoms with Crippen molar-refractivity contribution >= 4 is 50.7 Å². The van der Waals surface area contributed by atoms with Crippen LogP contribution in [0, 0.1) is 0 Å². The fraction of sp³-hybridized carbons (Fsp3) is 0.0769. The van der Waals surface area contributed by atoms with Gasteiger partial charge in [-0.3, -0.25) is 0 Å². The quantitative estimate of drug-likeness (QED) is 0.622. The van der Waals surface area contributed by atoms with Crippen molar-refractivity contribution in [3.05, 3.63) is 39.2 Å². The summed E-state index contributed by atoms with van der Waals surface area (Å²) in [6.07, 6.45) is -1.57. The molecule has 0 radical (unpaired) electrons. The summed E-state index contributed by atoms with van der Waals surface area (Å²) in [4.78, 5) is 9.24. The number of nitrogen functional groups attached to an aromatic ring is 1. The van der Waals surface area contributed by atoms with Gasteiger partial charge < -0.3 is 15.9 Å². The molecule has 1 aromatic carbocycles. The predicted molar refractivity (Wildman–Crippen MR) is 84.5 cm³/mol. The fourth-order valence-electron chi connectivity index (χ4n) is 1.97. The van der Waals surface area contributed by atoms with E-state index >= 15 is 0 Å². The molecule has 0 aliphatic rings. The minimum Gasteiger partial charge on any atom is -0.368 e. The Morgan fingerprint density at radius 1 is 1.14 bits per heavy atom. The van der Waals surface area contributed by atoms with Gasteiger partial charge in [0.25, 0.3) is 0 Å². The molecule has 0 aliphatic heterocycles. The minimum absolute atomic E-state index is 0.0874. The maximum Gasteiger partial charge on any atom is 0.221 e. The summed E-state index contributed by atoms with van der Waals surface area (Å²) in [5.41, 5.74) is 6.90. The molecule has 4 N–H and O–H groups in total. The minimum atomic E-state index is -1.57. The first-order chi connectivity index (χ1) is 9.95. The van der Waals surface area contributed by atoms with Gasteiger partial charge in [-0.15, -0.1) is 11.3 Å². The fourth-order valence-corrected chi connectivity index (χ4v) is 3.38. The van der Waals surface area contributed by atoms with Crippen LogP contribution >= 0.6 is 34.5 Å². The molecule has 3 rings (SSSR count). The highest BCUT2D eigenvalue weighted by molar-refractivity contribution is 7.18. The number of rotatable bonds is 2. The highest BCUT2D eigenvalue weighted by Gasteiger charge is 2.17. The largest absolute Gasteiger partial charge is 0.368 e. The summed E-state index contributed by atoms with van der Waals surface area (Å²) < 4.78 is 0. The van der Waals surface area contributed by atoms with E-state index in [9.17, 15) is 10.2 Å². The number of fused-ring (bicyclic) bond motifs is 1. The van der Waals surface area contributed by atoms with Gasteiger partial charge in [0.15, 0.2) is 6.29 Å². The Morgan fingerprint density at radius 3 is 2.57 bits per heavy atom. The lowest BCUT2D eigenvalue weighted by Gasteiger charge is -2.06. The number of aromatic nitrogens is 2. The first-order valence-corrected chi connectivity index (χ1v) is 7.41. The van der Waals surface area contributed by atoms with Crippen molar-refractivity contribution in [2.24, 2.45) is 0 Å². The Morgan fingerprint density at radius 2 is 1.90 bits per heavy atom. The van der Waals surface area contributed by atoms with Gasteiger partial charge in [-0.25, -0.2) is 9.97 Å². The van der Waals surface area contributed by atoms with Crippen molar-refractivity contribution in [2.45, 2.75) is 6.29 Å². The monoisotopic (exact) mass is 341 g/mol. The van der Waals surface area contributed by atoms with Crippen LogP contribution in [-0.2, 0) is 0 Å². The molecule has 0 atom stereocenters. The molecule has 0 saturated heterocycles. The summed E-state index contributed by atoms with van der Waals surface area (Å²) >= 11 is 13.2. The third-order valence-corrected chi connectivity index (χ3v) is 4.49. The number of aliphatic hydroxyl groups excluding tert-OH is 1. The number of anilines is 1. The number of hydrogen-bond donors (Lipinski definition) is 3. The molecule has 0 amide bonds.